The first kappa shape index (κ1) is 12.7. The minimum atomic E-state index is 0.405. The van der Waals surface area contributed by atoms with Gasteiger partial charge in [-0.15, -0.1) is 0 Å². The van der Waals surface area contributed by atoms with Crippen LogP contribution in [0.25, 0.3) is 0 Å². The van der Waals surface area contributed by atoms with Crippen LogP contribution < -0.4 is 16.2 Å². The maximum absolute atomic E-state index is 5.34. The Hall–Kier alpha value is -1.36. The minimum Gasteiger partial charge on any atom is -0.354 e. The van der Waals surface area contributed by atoms with E-state index in [0.29, 0.717) is 17.8 Å². The Labute approximate surface area is 97.0 Å². The molecule has 0 amide bonds. The number of nitrogens with one attached hydrogen (secondary N) is 1. The molecular weight excluding hydrogens is 202 g/mol. The van der Waals surface area contributed by atoms with E-state index < -0.39 is 0 Å². The molecule has 1 aromatic rings. The van der Waals surface area contributed by atoms with E-state index >= 15 is 0 Å². The Morgan fingerprint density at radius 2 is 2.00 bits per heavy atom. The second kappa shape index (κ2) is 5.65. The number of anilines is 2. The Bertz CT molecular complexity index is 324. The highest BCUT2D eigenvalue weighted by Gasteiger charge is 2.13. The van der Waals surface area contributed by atoms with E-state index in [1.807, 2.05) is 6.07 Å². The van der Waals surface area contributed by atoms with E-state index in [4.69, 9.17) is 5.84 Å². The SMILES string of the molecule is CC(C)CN(c1cc(NN)ncn1)C(C)C. The Morgan fingerprint density at radius 1 is 1.31 bits per heavy atom. The van der Waals surface area contributed by atoms with Gasteiger partial charge in [-0.05, 0) is 19.8 Å². The van der Waals surface area contributed by atoms with Crippen molar-refractivity contribution in [1.29, 1.82) is 0 Å². The van der Waals surface area contributed by atoms with E-state index in [1.54, 1.807) is 0 Å². The van der Waals surface area contributed by atoms with Crippen LogP contribution in [0.3, 0.4) is 0 Å². The molecule has 16 heavy (non-hydrogen) atoms. The lowest BCUT2D eigenvalue weighted by molar-refractivity contribution is 0.566. The molecule has 0 spiro atoms. The molecule has 5 heteroatoms. The van der Waals surface area contributed by atoms with Crippen LogP contribution in [0.1, 0.15) is 27.7 Å². The standard InChI is InChI=1S/C11H21N5/c1-8(2)6-16(9(3)4)11-5-10(15-12)13-7-14-11/h5,7-9H,6,12H2,1-4H3,(H,13,14,15). The van der Waals surface area contributed by atoms with Crippen LogP contribution in [0, 0.1) is 5.92 Å². The average Bonchev–Trinajstić information content (AvgIpc) is 2.25. The fraction of sp³-hybridized carbons (Fsp3) is 0.636. The van der Waals surface area contributed by atoms with Crippen molar-refractivity contribution in [3.8, 4) is 0 Å². The summed E-state index contributed by atoms with van der Waals surface area (Å²) in [4.78, 5) is 10.5. The van der Waals surface area contributed by atoms with Crippen LogP contribution in [-0.2, 0) is 0 Å². The third-order valence-electron chi connectivity index (χ3n) is 2.28. The first-order chi connectivity index (χ1) is 7.54. The lowest BCUT2D eigenvalue weighted by Crippen LogP contribution is -2.34. The highest BCUT2D eigenvalue weighted by Crippen LogP contribution is 2.17. The first-order valence-corrected chi connectivity index (χ1v) is 5.60. The number of nitrogens with zero attached hydrogens (tertiary/aromatic N) is 3. The van der Waals surface area contributed by atoms with Crippen molar-refractivity contribution in [1.82, 2.24) is 9.97 Å². The number of nitrogen functional groups attached to an aromatic ring is 1. The van der Waals surface area contributed by atoms with Gasteiger partial charge in [0.1, 0.15) is 18.0 Å². The third-order valence-corrected chi connectivity index (χ3v) is 2.28. The van der Waals surface area contributed by atoms with Crippen LogP contribution in [0.5, 0.6) is 0 Å². The van der Waals surface area contributed by atoms with Crippen LogP contribution >= 0.6 is 0 Å². The lowest BCUT2D eigenvalue weighted by Gasteiger charge is -2.29. The van der Waals surface area contributed by atoms with Gasteiger partial charge in [0.05, 0.1) is 0 Å². The van der Waals surface area contributed by atoms with E-state index in [2.05, 4.69) is 48.0 Å². The molecule has 0 aliphatic rings. The third kappa shape index (κ3) is 3.34. The summed E-state index contributed by atoms with van der Waals surface area (Å²) in [5.41, 5.74) is 2.54. The van der Waals surface area contributed by atoms with Gasteiger partial charge in [0.25, 0.3) is 0 Å². The Kier molecular flexibility index (Phi) is 4.49. The molecular formula is C11H21N5. The molecule has 0 aromatic carbocycles. The summed E-state index contributed by atoms with van der Waals surface area (Å²) >= 11 is 0. The van der Waals surface area contributed by atoms with Gasteiger partial charge in [-0.25, -0.2) is 15.8 Å². The summed E-state index contributed by atoms with van der Waals surface area (Å²) in [6.07, 6.45) is 1.53. The van der Waals surface area contributed by atoms with Gasteiger partial charge in [-0.3, -0.25) is 0 Å². The number of hydrogen-bond donors (Lipinski definition) is 2. The van der Waals surface area contributed by atoms with Crippen molar-refractivity contribution in [2.45, 2.75) is 33.7 Å². The maximum atomic E-state index is 5.34. The molecule has 1 aromatic heterocycles. The van der Waals surface area contributed by atoms with Crippen molar-refractivity contribution < 1.29 is 0 Å². The van der Waals surface area contributed by atoms with Gasteiger partial charge in [-0.1, -0.05) is 13.8 Å². The number of hydrazine groups is 1. The van der Waals surface area contributed by atoms with Gasteiger partial charge in [0.15, 0.2) is 0 Å². The molecule has 0 fully saturated rings. The highest BCUT2D eigenvalue weighted by molar-refractivity contribution is 5.48. The summed E-state index contributed by atoms with van der Waals surface area (Å²) in [6.45, 7) is 9.66. The molecule has 0 radical (unpaired) electrons. The van der Waals surface area contributed by atoms with Crippen LogP contribution in [0.2, 0.25) is 0 Å². The monoisotopic (exact) mass is 223 g/mol. The first-order valence-electron chi connectivity index (χ1n) is 5.60. The number of aromatic nitrogens is 2. The van der Waals surface area contributed by atoms with E-state index in [0.717, 1.165) is 12.4 Å². The molecule has 0 aliphatic carbocycles. The molecule has 0 saturated heterocycles. The second-order valence-electron chi connectivity index (χ2n) is 4.55. The predicted molar refractivity (Wildman–Crippen MR) is 67.2 cm³/mol. The average molecular weight is 223 g/mol. The number of rotatable bonds is 5. The number of nitrogens with two attached hydrogens (primary N) is 1. The summed E-state index contributed by atoms with van der Waals surface area (Å²) in [7, 11) is 0. The molecule has 0 saturated carbocycles. The Balaban J connectivity index is 2.91. The highest BCUT2D eigenvalue weighted by atomic mass is 15.3. The van der Waals surface area contributed by atoms with Crippen molar-refractivity contribution in [3.63, 3.8) is 0 Å². The molecule has 3 N–H and O–H groups in total. The van der Waals surface area contributed by atoms with Gasteiger partial charge < -0.3 is 10.3 Å². The largest absolute Gasteiger partial charge is 0.354 e. The fourth-order valence-corrected chi connectivity index (χ4v) is 1.55. The Morgan fingerprint density at radius 3 is 2.50 bits per heavy atom. The van der Waals surface area contributed by atoms with Crippen molar-refractivity contribution in [3.05, 3.63) is 12.4 Å². The summed E-state index contributed by atoms with van der Waals surface area (Å²) < 4.78 is 0. The predicted octanol–water partition coefficient (Wildman–Crippen LogP) is 1.63. The van der Waals surface area contributed by atoms with E-state index in [9.17, 15) is 0 Å². The maximum Gasteiger partial charge on any atom is 0.145 e. The molecule has 5 nitrogen and oxygen atoms in total. The zero-order chi connectivity index (χ0) is 12.1. The molecule has 0 bridgehead atoms. The lowest BCUT2D eigenvalue weighted by atomic mass is 10.2. The summed E-state index contributed by atoms with van der Waals surface area (Å²) in [5.74, 6) is 7.47. The zero-order valence-corrected chi connectivity index (χ0v) is 10.4. The van der Waals surface area contributed by atoms with Crippen LogP contribution in [0.15, 0.2) is 12.4 Å². The minimum absolute atomic E-state index is 0.405. The van der Waals surface area contributed by atoms with Crippen LogP contribution in [-0.4, -0.2) is 22.6 Å². The molecule has 0 atom stereocenters. The quantitative estimate of drug-likeness (QED) is 0.586. The summed E-state index contributed by atoms with van der Waals surface area (Å²) in [5, 5.41) is 0. The van der Waals surface area contributed by atoms with E-state index in [1.165, 1.54) is 6.33 Å². The molecule has 0 aliphatic heterocycles. The van der Waals surface area contributed by atoms with Gasteiger partial charge in [-0.2, -0.15) is 0 Å². The molecule has 90 valence electrons. The molecule has 1 rings (SSSR count). The summed E-state index contributed by atoms with van der Waals surface area (Å²) in [6, 6.07) is 2.27. The normalized spacial score (nSPS) is 10.9. The molecule has 0 unspecified atom stereocenters. The van der Waals surface area contributed by atoms with Crippen molar-refractivity contribution in [2.75, 3.05) is 16.9 Å². The van der Waals surface area contributed by atoms with Crippen molar-refractivity contribution in [2.24, 2.45) is 11.8 Å². The van der Waals surface area contributed by atoms with Gasteiger partial charge >= 0.3 is 0 Å². The van der Waals surface area contributed by atoms with Crippen molar-refractivity contribution >= 4 is 11.6 Å². The molecule has 1 heterocycles. The topological polar surface area (TPSA) is 67.1 Å². The van der Waals surface area contributed by atoms with Gasteiger partial charge in [0, 0.05) is 18.7 Å². The van der Waals surface area contributed by atoms with Crippen LogP contribution in [0.4, 0.5) is 11.6 Å². The zero-order valence-electron chi connectivity index (χ0n) is 10.4. The fourth-order valence-electron chi connectivity index (χ4n) is 1.55. The van der Waals surface area contributed by atoms with E-state index in [-0.39, 0.29) is 0 Å². The smallest absolute Gasteiger partial charge is 0.145 e. The second-order valence-corrected chi connectivity index (χ2v) is 4.55. The van der Waals surface area contributed by atoms with Gasteiger partial charge in [0.2, 0.25) is 0 Å². The number of hydrogen-bond acceptors (Lipinski definition) is 5.